The topological polar surface area (TPSA) is 100 Å². The Balaban J connectivity index is 1.61. The van der Waals surface area contributed by atoms with Gasteiger partial charge in [-0.25, -0.2) is 4.79 Å². The molecule has 3 rings (SSSR count). The lowest BCUT2D eigenvalue weighted by Crippen LogP contribution is -2.46. The highest BCUT2D eigenvalue weighted by Gasteiger charge is 2.33. The molecule has 1 saturated carbocycles. The Morgan fingerprint density at radius 3 is 2.62 bits per heavy atom. The van der Waals surface area contributed by atoms with Crippen LogP contribution >= 0.6 is 0 Å². The number of carbonyl (C=O) groups excluding carboxylic acids is 1. The fourth-order valence-electron chi connectivity index (χ4n) is 3.71. The van der Waals surface area contributed by atoms with Gasteiger partial charge >= 0.3 is 12.0 Å². The molecule has 0 bridgehead atoms. The lowest BCUT2D eigenvalue weighted by atomic mass is 10.1. The summed E-state index contributed by atoms with van der Waals surface area (Å²) < 4.78 is 2.19. The first-order valence-corrected chi connectivity index (χ1v) is 8.77. The Morgan fingerprint density at radius 2 is 1.92 bits per heavy atom. The van der Waals surface area contributed by atoms with E-state index in [-0.39, 0.29) is 18.5 Å². The maximum atomic E-state index is 12.3. The Labute approximate surface area is 141 Å². The summed E-state index contributed by atoms with van der Waals surface area (Å²) in [6.07, 6.45) is 5.38. The zero-order valence-corrected chi connectivity index (χ0v) is 14.1. The number of amides is 2. The number of nitrogens with one attached hydrogen (secondary N) is 1. The van der Waals surface area contributed by atoms with Crippen LogP contribution in [0.5, 0.6) is 0 Å². The second kappa shape index (κ2) is 7.19. The largest absolute Gasteiger partial charge is 0.481 e. The van der Waals surface area contributed by atoms with Gasteiger partial charge < -0.3 is 19.9 Å². The number of fused-ring (bicyclic) bond motifs is 1. The van der Waals surface area contributed by atoms with Crippen LogP contribution in [-0.4, -0.2) is 49.9 Å². The molecule has 1 aromatic heterocycles. The van der Waals surface area contributed by atoms with Crippen molar-refractivity contribution in [3.05, 3.63) is 11.6 Å². The molecule has 132 valence electrons. The summed E-state index contributed by atoms with van der Waals surface area (Å²) in [5, 5.41) is 20.2. The number of urea groups is 1. The lowest BCUT2D eigenvalue weighted by Gasteiger charge is -2.34. The highest BCUT2D eigenvalue weighted by Crippen LogP contribution is 2.35. The zero-order chi connectivity index (χ0) is 17.1. The van der Waals surface area contributed by atoms with Gasteiger partial charge in [-0.3, -0.25) is 4.79 Å². The molecule has 8 nitrogen and oxygen atoms in total. The molecule has 2 aliphatic rings. The molecule has 0 saturated heterocycles. The van der Waals surface area contributed by atoms with Crippen LogP contribution in [0.15, 0.2) is 0 Å². The number of nitrogens with zero attached hydrogens (tertiary/aromatic N) is 4. The van der Waals surface area contributed by atoms with E-state index in [9.17, 15) is 9.59 Å². The number of carboxylic acids is 1. The summed E-state index contributed by atoms with van der Waals surface area (Å²) in [5.74, 6) is 1.60. The standard InChI is InChI=1S/C16H25N5O3/c1-11-14-18-19-15(12-5-2-3-6-12)21(14)10-9-20(11)16(24)17-8-4-7-13(22)23/h11-12H,2-10H2,1H3,(H,17,24)(H,22,23). The summed E-state index contributed by atoms with van der Waals surface area (Å²) in [6, 6.07) is -0.287. The normalized spacial score (nSPS) is 20.9. The van der Waals surface area contributed by atoms with Gasteiger partial charge in [0.15, 0.2) is 5.82 Å². The molecule has 1 aliphatic carbocycles. The minimum Gasteiger partial charge on any atom is -0.481 e. The van der Waals surface area contributed by atoms with Gasteiger partial charge in [0.2, 0.25) is 0 Å². The fraction of sp³-hybridized carbons (Fsp3) is 0.750. The van der Waals surface area contributed by atoms with Gasteiger partial charge in [0, 0.05) is 32.0 Å². The molecular formula is C16H25N5O3. The second-order valence-electron chi connectivity index (χ2n) is 6.65. The number of carbonyl (C=O) groups is 2. The summed E-state index contributed by atoms with van der Waals surface area (Å²) in [6.45, 7) is 3.68. The number of aliphatic carboxylic acids is 1. The first-order chi connectivity index (χ1) is 11.6. The van der Waals surface area contributed by atoms with Gasteiger partial charge in [-0.05, 0) is 26.2 Å². The summed E-state index contributed by atoms with van der Waals surface area (Å²) >= 11 is 0. The fourth-order valence-corrected chi connectivity index (χ4v) is 3.71. The van der Waals surface area contributed by atoms with Crippen LogP contribution in [0.4, 0.5) is 4.79 Å². The molecule has 1 fully saturated rings. The van der Waals surface area contributed by atoms with E-state index in [4.69, 9.17) is 5.11 Å². The minimum absolute atomic E-state index is 0.0644. The van der Waals surface area contributed by atoms with Crippen LogP contribution < -0.4 is 5.32 Å². The van der Waals surface area contributed by atoms with Crippen LogP contribution in [0.3, 0.4) is 0 Å². The van der Waals surface area contributed by atoms with Gasteiger partial charge in [-0.2, -0.15) is 0 Å². The van der Waals surface area contributed by atoms with Crippen molar-refractivity contribution in [2.24, 2.45) is 0 Å². The molecule has 2 amide bonds. The van der Waals surface area contributed by atoms with E-state index >= 15 is 0 Å². The predicted molar refractivity (Wildman–Crippen MR) is 86.6 cm³/mol. The number of rotatable bonds is 5. The molecule has 8 heteroatoms. The van der Waals surface area contributed by atoms with Crippen molar-refractivity contribution in [2.75, 3.05) is 13.1 Å². The van der Waals surface area contributed by atoms with E-state index in [1.54, 1.807) is 4.90 Å². The van der Waals surface area contributed by atoms with Gasteiger partial charge in [-0.1, -0.05) is 12.8 Å². The average molecular weight is 335 g/mol. The van der Waals surface area contributed by atoms with E-state index < -0.39 is 5.97 Å². The average Bonchev–Trinajstić information content (AvgIpc) is 3.20. The lowest BCUT2D eigenvalue weighted by molar-refractivity contribution is -0.137. The summed E-state index contributed by atoms with van der Waals surface area (Å²) in [4.78, 5) is 24.6. The van der Waals surface area contributed by atoms with E-state index in [0.717, 1.165) is 18.2 Å². The zero-order valence-electron chi connectivity index (χ0n) is 14.1. The van der Waals surface area contributed by atoms with Crippen LogP contribution in [0.25, 0.3) is 0 Å². The molecule has 1 aromatic rings. The molecular weight excluding hydrogens is 310 g/mol. The van der Waals surface area contributed by atoms with E-state index in [2.05, 4.69) is 20.1 Å². The van der Waals surface area contributed by atoms with Crippen LogP contribution in [0.1, 0.15) is 69.1 Å². The Morgan fingerprint density at radius 1 is 1.21 bits per heavy atom. The summed E-state index contributed by atoms with van der Waals surface area (Å²) in [7, 11) is 0. The van der Waals surface area contributed by atoms with E-state index in [1.165, 1.54) is 25.7 Å². The van der Waals surface area contributed by atoms with Crippen molar-refractivity contribution >= 4 is 12.0 Å². The molecule has 1 unspecified atom stereocenters. The molecule has 1 aliphatic heterocycles. The number of hydrogen-bond donors (Lipinski definition) is 2. The van der Waals surface area contributed by atoms with E-state index in [1.807, 2.05) is 6.92 Å². The Hall–Kier alpha value is -2.12. The monoisotopic (exact) mass is 335 g/mol. The number of carboxylic acid groups (broad SMARTS) is 1. The predicted octanol–water partition coefficient (Wildman–Crippen LogP) is 1.89. The van der Waals surface area contributed by atoms with Gasteiger partial charge in [0.1, 0.15) is 5.82 Å². The molecule has 0 aromatic carbocycles. The van der Waals surface area contributed by atoms with Crippen LogP contribution in [0.2, 0.25) is 0 Å². The maximum Gasteiger partial charge on any atom is 0.318 e. The molecule has 1 atom stereocenters. The third-order valence-corrected chi connectivity index (χ3v) is 5.04. The Bertz CT molecular complexity index is 609. The van der Waals surface area contributed by atoms with Crippen molar-refractivity contribution in [3.63, 3.8) is 0 Å². The van der Waals surface area contributed by atoms with Gasteiger partial charge in [-0.15, -0.1) is 10.2 Å². The molecule has 2 N–H and O–H groups in total. The van der Waals surface area contributed by atoms with Crippen molar-refractivity contribution < 1.29 is 14.7 Å². The van der Waals surface area contributed by atoms with Crippen molar-refractivity contribution in [1.82, 2.24) is 25.0 Å². The van der Waals surface area contributed by atoms with Gasteiger partial charge in [0.05, 0.1) is 6.04 Å². The third-order valence-electron chi connectivity index (χ3n) is 5.04. The molecule has 24 heavy (non-hydrogen) atoms. The van der Waals surface area contributed by atoms with Crippen LogP contribution in [-0.2, 0) is 11.3 Å². The second-order valence-corrected chi connectivity index (χ2v) is 6.65. The van der Waals surface area contributed by atoms with Crippen molar-refractivity contribution in [1.29, 1.82) is 0 Å². The smallest absolute Gasteiger partial charge is 0.318 e. The molecule has 0 spiro atoms. The molecule has 0 radical (unpaired) electrons. The number of hydrogen-bond acceptors (Lipinski definition) is 4. The maximum absolute atomic E-state index is 12.3. The minimum atomic E-state index is -0.844. The highest BCUT2D eigenvalue weighted by molar-refractivity contribution is 5.74. The SMILES string of the molecule is CC1c2nnc(C3CCCC3)n2CCN1C(=O)NCCCC(=O)O. The quantitative estimate of drug-likeness (QED) is 0.800. The highest BCUT2D eigenvalue weighted by atomic mass is 16.4. The van der Waals surface area contributed by atoms with E-state index in [0.29, 0.717) is 25.4 Å². The summed E-state index contributed by atoms with van der Waals surface area (Å²) in [5.41, 5.74) is 0. The van der Waals surface area contributed by atoms with Crippen LogP contribution in [0, 0.1) is 0 Å². The Kier molecular flexibility index (Phi) is 5.01. The molecule has 2 heterocycles. The van der Waals surface area contributed by atoms with Gasteiger partial charge in [0.25, 0.3) is 0 Å². The number of aromatic nitrogens is 3. The first kappa shape index (κ1) is 16.7. The first-order valence-electron chi connectivity index (χ1n) is 8.77. The third kappa shape index (κ3) is 3.37. The van der Waals surface area contributed by atoms with Crippen molar-refractivity contribution in [3.8, 4) is 0 Å². The van der Waals surface area contributed by atoms with Crippen molar-refractivity contribution in [2.45, 2.75) is 64.0 Å².